The van der Waals surface area contributed by atoms with E-state index in [0.29, 0.717) is 17.0 Å². The molecule has 4 heteroatoms. The summed E-state index contributed by atoms with van der Waals surface area (Å²) in [6, 6.07) is 5.70. The van der Waals surface area contributed by atoms with E-state index in [-0.39, 0.29) is 0 Å². The van der Waals surface area contributed by atoms with Gasteiger partial charge in [-0.3, -0.25) is 4.79 Å². The highest BCUT2D eigenvalue weighted by atomic mass is 35.5. The van der Waals surface area contributed by atoms with Crippen LogP contribution in [0.15, 0.2) is 23.8 Å². The predicted octanol–water partition coefficient (Wildman–Crippen LogP) is 3.66. The zero-order chi connectivity index (χ0) is 12.6. The van der Waals surface area contributed by atoms with Crippen molar-refractivity contribution in [2.24, 2.45) is 0 Å². The van der Waals surface area contributed by atoms with Crippen molar-refractivity contribution in [3.05, 3.63) is 39.9 Å². The van der Waals surface area contributed by atoms with E-state index < -0.39 is 8.32 Å². The number of allylic oxidation sites excluding steroid dienone is 1. The van der Waals surface area contributed by atoms with E-state index in [2.05, 4.69) is 19.6 Å². The highest BCUT2D eigenvalue weighted by molar-refractivity contribution is 6.70. The molecular formula is C13H15ClO2Si. The summed E-state index contributed by atoms with van der Waals surface area (Å²) in [4.78, 5) is 11.1. The lowest BCUT2D eigenvalue weighted by atomic mass is 10.1. The van der Waals surface area contributed by atoms with Crippen molar-refractivity contribution < 1.29 is 9.22 Å². The van der Waals surface area contributed by atoms with Gasteiger partial charge in [-0.05, 0) is 31.3 Å². The molecule has 0 saturated heterocycles. The van der Waals surface area contributed by atoms with Crippen LogP contribution in [0.1, 0.15) is 11.1 Å². The van der Waals surface area contributed by atoms with Gasteiger partial charge in [0, 0.05) is 22.6 Å². The van der Waals surface area contributed by atoms with Gasteiger partial charge in [-0.15, -0.1) is 0 Å². The number of carbonyl (C=O) groups excluding carboxylic acids is 1. The zero-order valence-corrected chi connectivity index (χ0v) is 12.0. The lowest BCUT2D eigenvalue weighted by molar-refractivity contribution is -0.104. The van der Waals surface area contributed by atoms with E-state index in [9.17, 15) is 4.79 Å². The number of aldehydes is 1. The lowest BCUT2D eigenvalue weighted by Gasteiger charge is -2.21. The second kappa shape index (κ2) is 4.31. The standard InChI is InChI=1S/C13H15ClO2Si/c1-17(2,3)16-13-9(8-15)7-11-10(13)5-4-6-12(11)14/h4-6,8H,7H2,1-3H3. The molecule has 1 aromatic rings. The van der Waals surface area contributed by atoms with Crippen LogP contribution in [0.25, 0.3) is 5.76 Å². The van der Waals surface area contributed by atoms with Crippen molar-refractivity contribution in [3.8, 4) is 0 Å². The molecule has 0 spiro atoms. The van der Waals surface area contributed by atoms with Crippen LogP contribution in [0.2, 0.25) is 24.7 Å². The van der Waals surface area contributed by atoms with Crippen LogP contribution in [0, 0.1) is 0 Å². The van der Waals surface area contributed by atoms with Crippen LogP contribution in [0.4, 0.5) is 0 Å². The van der Waals surface area contributed by atoms with Gasteiger partial charge in [-0.25, -0.2) is 0 Å². The molecule has 0 unspecified atom stereocenters. The van der Waals surface area contributed by atoms with Crippen molar-refractivity contribution in [2.45, 2.75) is 26.1 Å². The smallest absolute Gasteiger partial charge is 0.242 e. The molecule has 0 saturated carbocycles. The first-order valence-corrected chi connectivity index (χ1v) is 9.36. The molecule has 1 aliphatic rings. The van der Waals surface area contributed by atoms with Gasteiger partial charge >= 0.3 is 0 Å². The van der Waals surface area contributed by atoms with Gasteiger partial charge in [0.05, 0.1) is 0 Å². The van der Waals surface area contributed by atoms with Crippen LogP contribution in [-0.2, 0) is 15.6 Å². The monoisotopic (exact) mass is 266 g/mol. The van der Waals surface area contributed by atoms with Crippen molar-refractivity contribution in [2.75, 3.05) is 0 Å². The maximum Gasteiger partial charge on any atom is 0.242 e. The Morgan fingerprint density at radius 2 is 2.06 bits per heavy atom. The maximum atomic E-state index is 11.1. The topological polar surface area (TPSA) is 26.3 Å². The van der Waals surface area contributed by atoms with Crippen LogP contribution in [0.3, 0.4) is 0 Å². The Balaban J connectivity index is 2.48. The summed E-state index contributed by atoms with van der Waals surface area (Å²) in [5.74, 6) is 0.733. The molecule has 0 aromatic heterocycles. The van der Waals surface area contributed by atoms with Crippen molar-refractivity contribution in [1.82, 2.24) is 0 Å². The molecular weight excluding hydrogens is 252 g/mol. The molecule has 1 aromatic carbocycles. The third-order valence-corrected chi connectivity index (χ3v) is 3.74. The fraction of sp³-hybridized carbons (Fsp3) is 0.308. The van der Waals surface area contributed by atoms with E-state index in [1.807, 2.05) is 18.2 Å². The molecule has 0 aliphatic heterocycles. The summed E-state index contributed by atoms with van der Waals surface area (Å²) in [5.41, 5.74) is 2.68. The normalized spacial score (nSPS) is 14.8. The van der Waals surface area contributed by atoms with Gasteiger partial charge < -0.3 is 4.43 Å². The summed E-state index contributed by atoms with van der Waals surface area (Å²) in [6.07, 6.45) is 1.46. The third kappa shape index (κ3) is 2.45. The Morgan fingerprint density at radius 3 is 2.65 bits per heavy atom. The first-order valence-electron chi connectivity index (χ1n) is 5.57. The Hall–Kier alpha value is -1.06. The molecule has 0 N–H and O–H groups in total. The second-order valence-electron chi connectivity index (χ2n) is 5.13. The van der Waals surface area contributed by atoms with Crippen molar-refractivity contribution >= 4 is 32.0 Å². The average Bonchev–Trinajstić information content (AvgIpc) is 2.56. The number of rotatable bonds is 3. The highest BCUT2D eigenvalue weighted by Crippen LogP contribution is 2.38. The second-order valence-corrected chi connectivity index (χ2v) is 9.97. The van der Waals surface area contributed by atoms with E-state index in [0.717, 1.165) is 23.2 Å². The Kier molecular flexibility index (Phi) is 3.14. The molecule has 2 rings (SSSR count). The molecule has 0 bridgehead atoms. The summed E-state index contributed by atoms with van der Waals surface area (Å²) >= 11 is 6.14. The minimum Gasteiger partial charge on any atom is -0.544 e. The van der Waals surface area contributed by atoms with Gasteiger partial charge in [0.1, 0.15) is 12.0 Å². The number of hydrogen-bond donors (Lipinski definition) is 0. The number of carbonyl (C=O) groups is 1. The van der Waals surface area contributed by atoms with Gasteiger partial charge in [0.15, 0.2) is 0 Å². The van der Waals surface area contributed by atoms with E-state index in [1.54, 1.807) is 0 Å². The fourth-order valence-corrected chi connectivity index (χ4v) is 3.01. The highest BCUT2D eigenvalue weighted by Gasteiger charge is 2.28. The molecule has 90 valence electrons. The Morgan fingerprint density at radius 1 is 1.35 bits per heavy atom. The van der Waals surface area contributed by atoms with Crippen molar-refractivity contribution in [1.29, 1.82) is 0 Å². The third-order valence-electron chi connectivity index (χ3n) is 2.57. The van der Waals surface area contributed by atoms with Crippen molar-refractivity contribution in [3.63, 3.8) is 0 Å². The van der Waals surface area contributed by atoms with Crippen LogP contribution < -0.4 is 0 Å². The molecule has 17 heavy (non-hydrogen) atoms. The molecule has 1 aliphatic carbocycles. The quantitative estimate of drug-likeness (QED) is 0.617. The summed E-state index contributed by atoms with van der Waals surface area (Å²) in [5, 5.41) is 0.705. The molecule has 0 radical (unpaired) electrons. The van der Waals surface area contributed by atoms with E-state index in [1.165, 1.54) is 0 Å². The number of fused-ring (bicyclic) bond motifs is 1. The molecule has 0 heterocycles. The van der Waals surface area contributed by atoms with Gasteiger partial charge in [0.2, 0.25) is 8.32 Å². The number of benzene rings is 1. The maximum absolute atomic E-state index is 11.1. The lowest BCUT2D eigenvalue weighted by Crippen LogP contribution is -2.24. The Bertz CT molecular complexity index is 501. The van der Waals surface area contributed by atoms with Gasteiger partial charge in [-0.2, -0.15) is 0 Å². The molecule has 0 amide bonds. The number of halogens is 1. The molecule has 2 nitrogen and oxygen atoms in total. The minimum absolute atomic E-state index is 0.582. The Labute approximate surface area is 107 Å². The summed E-state index contributed by atoms with van der Waals surface area (Å²) in [7, 11) is -1.73. The first kappa shape index (κ1) is 12.4. The molecule has 0 fully saturated rings. The largest absolute Gasteiger partial charge is 0.544 e. The fourth-order valence-electron chi connectivity index (χ4n) is 1.92. The average molecular weight is 267 g/mol. The number of hydrogen-bond acceptors (Lipinski definition) is 2. The van der Waals surface area contributed by atoms with E-state index in [4.69, 9.17) is 16.0 Å². The van der Waals surface area contributed by atoms with Gasteiger partial charge in [0.25, 0.3) is 0 Å². The first-order chi connectivity index (χ1) is 7.92. The zero-order valence-electron chi connectivity index (χ0n) is 10.2. The SMILES string of the molecule is C[Si](C)(C)OC1=C(C=O)Cc2c(Cl)cccc21. The minimum atomic E-state index is -1.73. The van der Waals surface area contributed by atoms with Crippen LogP contribution in [0.5, 0.6) is 0 Å². The van der Waals surface area contributed by atoms with Crippen LogP contribution in [-0.4, -0.2) is 14.6 Å². The van der Waals surface area contributed by atoms with E-state index >= 15 is 0 Å². The predicted molar refractivity (Wildman–Crippen MR) is 72.6 cm³/mol. The molecule has 0 atom stereocenters. The summed E-state index contributed by atoms with van der Waals surface area (Å²) < 4.78 is 6.01. The van der Waals surface area contributed by atoms with Crippen LogP contribution >= 0.6 is 11.6 Å². The summed E-state index contributed by atoms with van der Waals surface area (Å²) in [6.45, 7) is 6.31. The van der Waals surface area contributed by atoms with Gasteiger partial charge in [-0.1, -0.05) is 23.7 Å².